The van der Waals surface area contributed by atoms with Crippen molar-refractivity contribution >= 4 is 15.8 Å². The van der Waals surface area contributed by atoms with E-state index in [1.54, 1.807) is 6.20 Å². The summed E-state index contributed by atoms with van der Waals surface area (Å²) in [5.41, 5.74) is 0.921. The number of hydrogen-bond donors (Lipinski definition) is 1. The Morgan fingerprint density at radius 1 is 1.04 bits per heavy atom. The minimum atomic E-state index is -3.20. The van der Waals surface area contributed by atoms with E-state index in [0.29, 0.717) is 6.54 Å². The first kappa shape index (κ1) is 16.7. The van der Waals surface area contributed by atoms with Crippen LogP contribution in [0.2, 0.25) is 0 Å². The van der Waals surface area contributed by atoms with Gasteiger partial charge < -0.3 is 4.90 Å². The molecule has 2 fully saturated rings. The molecule has 3 rings (SSSR count). The third-order valence-corrected chi connectivity index (χ3v) is 6.85. The van der Waals surface area contributed by atoms with Crippen LogP contribution in [0.25, 0.3) is 0 Å². The second-order valence-corrected chi connectivity index (χ2v) is 8.74. The van der Waals surface area contributed by atoms with Gasteiger partial charge in [0.15, 0.2) is 0 Å². The first-order valence-corrected chi connectivity index (χ1v) is 10.4. The molecule has 1 N–H and O–H groups in total. The lowest BCUT2D eigenvalue weighted by atomic mass is 10.0. The van der Waals surface area contributed by atoms with Crippen molar-refractivity contribution in [1.82, 2.24) is 9.71 Å². The van der Waals surface area contributed by atoms with Gasteiger partial charge in [-0.3, -0.25) is 0 Å². The number of sulfonamides is 1. The lowest BCUT2D eigenvalue weighted by Crippen LogP contribution is -2.35. The number of pyridine rings is 1. The van der Waals surface area contributed by atoms with Gasteiger partial charge in [-0.15, -0.1) is 0 Å². The summed E-state index contributed by atoms with van der Waals surface area (Å²) >= 11 is 0. The van der Waals surface area contributed by atoms with Crippen LogP contribution in [-0.4, -0.2) is 31.7 Å². The number of nitrogens with zero attached hydrogens (tertiary/aromatic N) is 2. The molecule has 6 heteroatoms. The van der Waals surface area contributed by atoms with Gasteiger partial charge in [0, 0.05) is 25.8 Å². The zero-order chi connectivity index (χ0) is 16.1. The van der Waals surface area contributed by atoms with Crippen LogP contribution in [-0.2, 0) is 16.6 Å². The van der Waals surface area contributed by atoms with Crippen LogP contribution >= 0.6 is 0 Å². The Morgan fingerprint density at radius 3 is 2.39 bits per heavy atom. The van der Waals surface area contributed by atoms with Crippen molar-refractivity contribution < 1.29 is 8.42 Å². The summed E-state index contributed by atoms with van der Waals surface area (Å²) in [6.07, 6.45) is 10.4. The molecule has 23 heavy (non-hydrogen) atoms. The molecular weight excluding hydrogens is 310 g/mol. The number of piperidine rings is 1. The second kappa shape index (κ2) is 7.62. The van der Waals surface area contributed by atoms with Crippen LogP contribution in [0.3, 0.4) is 0 Å². The molecule has 0 unspecified atom stereocenters. The van der Waals surface area contributed by atoms with Gasteiger partial charge in [-0.1, -0.05) is 25.3 Å². The van der Waals surface area contributed by atoms with Crippen molar-refractivity contribution in [2.24, 2.45) is 0 Å². The van der Waals surface area contributed by atoms with E-state index < -0.39 is 10.0 Å². The molecule has 128 valence electrons. The van der Waals surface area contributed by atoms with Crippen LogP contribution in [0, 0.1) is 0 Å². The van der Waals surface area contributed by atoms with Gasteiger partial charge in [-0.2, -0.15) is 0 Å². The zero-order valence-electron chi connectivity index (χ0n) is 13.7. The third kappa shape index (κ3) is 4.44. The van der Waals surface area contributed by atoms with Gasteiger partial charge in [-0.25, -0.2) is 18.1 Å². The Bertz CT molecular complexity index is 589. The number of aromatic nitrogens is 1. The first-order chi connectivity index (χ1) is 11.1. The van der Waals surface area contributed by atoms with Gasteiger partial charge in [0.25, 0.3) is 0 Å². The summed E-state index contributed by atoms with van der Waals surface area (Å²) in [7, 11) is -3.20. The summed E-state index contributed by atoms with van der Waals surface area (Å²) in [4.78, 5) is 6.81. The lowest BCUT2D eigenvalue weighted by Gasteiger charge is -2.27. The second-order valence-electron chi connectivity index (χ2n) is 6.70. The van der Waals surface area contributed by atoms with E-state index in [1.807, 2.05) is 12.1 Å². The van der Waals surface area contributed by atoms with Gasteiger partial charge in [-0.05, 0) is 43.7 Å². The molecule has 0 radical (unpaired) electrons. The van der Waals surface area contributed by atoms with Gasteiger partial charge >= 0.3 is 0 Å². The summed E-state index contributed by atoms with van der Waals surface area (Å²) in [5, 5.41) is -0.211. The van der Waals surface area contributed by atoms with E-state index in [2.05, 4.69) is 14.6 Å². The molecule has 0 aromatic carbocycles. The van der Waals surface area contributed by atoms with Gasteiger partial charge in [0.05, 0.1) is 5.25 Å². The van der Waals surface area contributed by atoms with E-state index in [4.69, 9.17) is 0 Å². The lowest BCUT2D eigenvalue weighted by molar-refractivity contribution is 0.477. The highest BCUT2D eigenvalue weighted by atomic mass is 32.2. The minimum Gasteiger partial charge on any atom is -0.357 e. The molecule has 0 bridgehead atoms. The quantitative estimate of drug-likeness (QED) is 0.897. The van der Waals surface area contributed by atoms with Crippen LogP contribution < -0.4 is 9.62 Å². The maximum atomic E-state index is 12.3. The van der Waals surface area contributed by atoms with E-state index in [-0.39, 0.29) is 5.25 Å². The number of rotatable bonds is 5. The fourth-order valence-electron chi connectivity index (χ4n) is 3.51. The minimum absolute atomic E-state index is 0.211. The van der Waals surface area contributed by atoms with Crippen molar-refractivity contribution in [1.29, 1.82) is 0 Å². The average molecular weight is 337 g/mol. The van der Waals surface area contributed by atoms with E-state index in [9.17, 15) is 8.42 Å². The molecule has 1 aliphatic heterocycles. The normalized spacial score (nSPS) is 20.6. The smallest absolute Gasteiger partial charge is 0.214 e. The summed E-state index contributed by atoms with van der Waals surface area (Å²) in [5.74, 6) is 1.00. The molecule has 5 nitrogen and oxygen atoms in total. The number of nitrogens with one attached hydrogen (secondary N) is 1. The molecule has 1 saturated heterocycles. The summed E-state index contributed by atoms with van der Waals surface area (Å²) < 4.78 is 27.4. The molecule has 1 aliphatic carbocycles. The molecule has 1 aromatic rings. The SMILES string of the molecule is O=S(=O)(NCc1ccc(N2CCCCC2)nc1)C1CCCCC1. The standard InChI is InChI=1S/C17H27N3O2S/c21-23(22,16-7-3-1-4-8-16)19-14-15-9-10-17(18-13-15)20-11-5-2-6-12-20/h9-10,13,16,19H,1-8,11-12,14H2. The maximum absolute atomic E-state index is 12.3. The molecule has 0 amide bonds. The molecule has 0 atom stereocenters. The van der Waals surface area contributed by atoms with E-state index in [1.165, 1.54) is 19.3 Å². The fraction of sp³-hybridized carbons (Fsp3) is 0.706. The summed E-state index contributed by atoms with van der Waals surface area (Å²) in [6.45, 7) is 2.48. The Balaban J connectivity index is 1.55. The van der Waals surface area contributed by atoms with Crippen LogP contribution in [0.1, 0.15) is 56.9 Å². The van der Waals surface area contributed by atoms with Crippen molar-refractivity contribution in [3.63, 3.8) is 0 Å². The highest BCUT2D eigenvalue weighted by Gasteiger charge is 2.26. The molecule has 2 aliphatic rings. The van der Waals surface area contributed by atoms with Gasteiger partial charge in [0.1, 0.15) is 5.82 Å². The third-order valence-electron chi connectivity index (χ3n) is 4.96. The summed E-state index contributed by atoms with van der Waals surface area (Å²) in [6, 6.07) is 4.00. The van der Waals surface area contributed by atoms with E-state index >= 15 is 0 Å². The molecule has 1 aromatic heterocycles. The van der Waals surface area contributed by atoms with Crippen molar-refractivity contribution in [2.45, 2.75) is 63.2 Å². The van der Waals surface area contributed by atoms with Crippen molar-refractivity contribution in [3.8, 4) is 0 Å². The number of anilines is 1. The Hall–Kier alpha value is -1.14. The van der Waals surface area contributed by atoms with E-state index in [0.717, 1.165) is 56.6 Å². The average Bonchev–Trinajstić information content (AvgIpc) is 2.62. The molecule has 0 spiro atoms. The highest BCUT2D eigenvalue weighted by Crippen LogP contribution is 2.23. The van der Waals surface area contributed by atoms with Gasteiger partial charge in [0.2, 0.25) is 10.0 Å². The Morgan fingerprint density at radius 2 is 1.74 bits per heavy atom. The molecule has 1 saturated carbocycles. The zero-order valence-corrected chi connectivity index (χ0v) is 14.5. The van der Waals surface area contributed by atoms with Crippen molar-refractivity contribution in [2.75, 3.05) is 18.0 Å². The predicted octanol–water partition coefficient (Wildman–Crippen LogP) is 2.82. The topological polar surface area (TPSA) is 62.3 Å². The van der Waals surface area contributed by atoms with Crippen molar-refractivity contribution in [3.05, 3.63) is 23.9 Å². The van der Waals surface area contributed by atoms with Crippen LogP contribution in [0.5, 0.6) is 0 Å². The molecular formula is C17H27N3O2S. The molecule has 2 heterocycles. The Labute approximate surface area is 139 Å². The Kier molecular flexibility index (Phi) is 5.54. The largest absolute Gasteiger partial charge is 0.357 e. The van der Waals surface area contributed by atoms with Crippen LogP contribution in [0.15, 0.2) is 18.3 Å². The fourth-order valence-corrected chi connectivity index (χ4v) is 5.07. The number of hydrogen-bond acceptors (Lipinski definition) is 4. The maximum Gasteiger partial charge on any atom is 0.214 e. The predicted molar refractivity (Wildman–Crippen MR) is 92.9 cm³/mol. The highest BCUT2D eigenvalue weighted by molar-refractivity contribution is 7.90. The van der Waals surface area contributed by atoms with Crippen LogP contribution in [0.4, 0.5) is 5.82 Å². The first-order valence-electron chi connectivity index (χ1n) is 8.83. The monoisotopic (exact) mass is 337 g/mol.